The molecule has 3 N–H and O–H groups in total. The first-order valence-corrected chi connectivity index (χ1v) is 13.2. The molecule has 7 heteroatoms. The van der Waals surface area contributed by atoms with Crippen molar-refractivity contribution in [3.63, 3.8) is 0 Å². The molecular weight excluding hydrogens is 446 g/mol. The summed E-state index contributed by atoms with van der Waals surface area (Å²) in [6, 6.07) is 23.6. The van der Waals surface area contributed by atoms with Crippen LogP contribution in [0.1, 0.15) is 31.7 Å². The zero-order valence-corrected chi connectivity index (χ0v) is 20.0. The highest BCUT2D eigenvalue weighted by molar-refractivity contribution is 7.93. The van der Waals surface area contributed by atoms with E-state index in [9.17, 15) is 8.42 Å². The predicted molar refractivity (Wildman–Crippen MR) is 138 cm³/mol. The third-order valence-electron chi connectivity index (χ3n) is 6.15. The maximum atomic E-state index is 12.3. The number of nitrogens with zero attached hydrogens (tertiary/aromatic N) is 1. The average molecular weight is 476 g/mol. The summed E-state index contributed by atoms with van der Waals surface area (Å²) in [7, 11) is -3.29. The van der Waals surface area contributed by atoms with Gasteiger partial charge in [0.1, 0.15) is 12.4 Å². The Labute approximate surface area is 200 Å². The van der Waals surface area contributed by atoms with E-state index in [0.717, 1.165) is 59.3 Å². The standard InChI is InChI=1S/C27H29N3O3S/c1-2-16-30-25-17-22(33-18-19-6-4-3-5-7-19)12-15-24(25)26(28)27(30)20-8-10-21(11-9-20)29-34(31,32)23-13-14-23/h3-12,15,17,23,29H,2,13-14,16,18,28H2,1H3. The van der Waals surface area contributed by atoms with E-state index in [0.29, 0.717) is 18.0 Å². The van der Waals surface area contributed by atoms with Gasteiger partial charge in [0.2, 0.25) is 10.0 Å². The number of sulfonamides is 1. The normalized spacial score (nSPS) is 13.8. The van der Waals surface area contributed by atoms with Gasteiger partial charge in [-0.3, -0.25) is 4.72 Å². The van der Waals surface area contributed by atoms with Crippen LogP contribution in [-0.4, -0.2) is 18.2 Å². The van der Waals surface area contributed by atoms with Gasteiger partial charge in [-0.1, -0.05) is 49.4 Å². The van der Waals surface area contributed by atoms with Gasteiger partial charge in [-0.25, -0.2) is 8.42 Å². The number of aromatic nitrogens is 1. The van der Waals surface area contributed by atoms with Crippen molar-refractivity contribution in [3.8, 4) is 17.0 Å². The maximum Gasteiger partial charge on any atom is 0.235 e. The maximum absolute atomic E-state index is 12.3. The van der Waals surface area contributed by atoms with Crippen molar-refractivity contribution in [2.75, 3.05) is 10.5 Å². The molecule has 1 fully saturated rings. The SMILES string of the molecule is CCCn1c(-c2ccc(NS(=O)(=O)C3CC3)cc2)c(N)c2ccc(OCc3ccccc3)cc21. The summed E-state index contributed by atoms with van der Waals surface area (Å²) in [6.45, 7) is 3.44. The third kappa shape index (κ3) is 4.48. The summed E-state index contributed by atoms with van der Waals surface area (Å²) in [4.78, 5) is 0. The second-order valence-corrected chi connectivity index (χ2v) is 10.8. The van der Waals surface area contributed by atoms with Crippen LogP contribution in [0, 0.1) is 0 Å². The Morgan fingerprint density at radius 1 is 1.03 bits per heavy atom. The van der Waals surface area contributed by atoms with Crippen molar-refractivity contribution in [1.29, 1.82) is 0 Å². The molecule has 0 spiro atoms. The molecular formula is C27H29N3O3S. The van der Waals surface area contributed by atoms with E-state index >= 15 is 0 Å². The molecule has 0 unspecified atom stereocenters. The van der Waals surface area contributed by atoms with Gasteiger partial charge < -0.3 is 15.0 Å². The molecule has 0 saturated heterocycles. The van der Waals surface area contributed by atoms with Gasteiger partial charge in [0.05, 0.1) is 22.1 Å². The molecule has 0 aliphatic heterocycles. The highest BCUT2D eigenvalue weighted by Gasteiger charge is 2.35. The van der Waals surface area contributed by atoms with Crippen LogP contribution in [0.3, 0.4) is 0 Å². The summed E-state index contributed by atoms with van der Waals surface area (Å²) in [6.07, 6.45) is 2.42. The molecule has 1 saturated carbocycles. The number of nitrogens with two attached hydrogens (primary N) is 1. The van der Waals surface area contributed by atoms with E-state index in [1.165, 1.54) is 0 Å². The van der Waals surface area contributed by atoms with Crippen LogP contribution in [0.2, 0.25) is 0 Å². The van der Waals surface area contributed by atoms with E-state index in [2.05, 4.69) is 16.2 Å². The molecule has 34 heavy (non-hydrogen) atoms. The van der Waals surface area contributed by atoms with Crippen molar-refractivity contribution in [2.45, 2.75) is 44.6 Å². The van der Waals surface area contributed by atoms with Crippen molar-refractivity contribution in [2.24, 2.45) is 0 Å². The molecule has 1 heterocycles. The summed E-state index contributed by atoms with van der Waals surface area (Å²) in [5.41, 5.74) is 11.9. The number of benzene rings is 3. The number of hydrogen-bond acceptors (Lipinski definition) is 4. The van der Waals surface area contributed by atoms with Gasteiger partial charge in [0, 0.05) is 29.2 Å². The Balaban J connectivity index is 1.46. The minimum atomic E-state index is -3.29. The van der Waals surface area contributed by atoms with Crippen molar-refractivity contribution in [1.82, 2.24) is 4.57 Å². The van der Waals surface area contributed by atoms with Gasteiger partial charge in [0.15, 0.2) is 0 Å². The summed E-state index contributed by atoms with van der Waals surface area (Å²) < 4.78 is 35.5. The Kier molecular flexibility index (Phi) is 5.96. The number of nitrogen functional groups attached to an aromatic ring is 1. The number of aryl methyl sites for hydroxylation is 1. The van der Waals surface area contributed by atoms with E-state index in [4.69, 9.17) is 10.5 Å². The van der Waals surface area contributed by atoms with Crippen LogP contribution in [-0.2, 0) is 23.2 Å². The quantitative estimate of drug-likeness (QED) is 0.321. The predicted octanol–water partition coefficient (Wildman–Crippen LogP) is 5.78. The third-order valence-corrected chi connectivity index (χ3v) is 8.02. The molecule has 1 aliphatic carbocycles. The topological polar surface area (TPSA) is 86.4 Å². The fourth-order valence-electron chi connectivity index (χ4n) is 4.28. The van der Waals surface area contributed by atoms with Crippen molar-refractivity contribution < 1.29 is 13.2 Å². The first kappa shape index (κ1) is 22.3. The highest BCUT2D eigenvalue weighted by atomic mass is 32.2. The largest absolute Gasteiger partial charge is 0.489 e. The molecule has 1 aliphatic rings. The molecule has 3 aromatic carbocycles. The monoisotopic (exact) mass is 475 g/mol. The number of fused-ring (bicyclic) bond motifs is 1. The zero-order chi connectivity index (χ0) is 23.7. The Bertz CT molecular complexity index is 1410. The number of nitrogens with one attached hydrogen (secondary N) is 1. The summed E-state index contributed by atoms with van der Waals surface area (Å²) in [5, 5.41) is 0.724. The van der Waals surface area contributed by atoms with Gasteiger partial charge in [-0.05, 0) is 49.1 Å². The summed E-state index contributed by atoms with van der Waals surface area (Å²) >= 11 is 0. The molecule has 0 radical (unpaired) electrons. The second kappa shape index (κ2) is 9.06. The van der Waals surface area contributed by atoms with E-state index in [1.54, 1.807) is 12.1 Å². The van der Waals surface area contributed by atoms with E-state index < -0.39 is 10.0 Å². The molecule has 4 aromatic rings. The number of hydrogen-bond donors (Lipinski definition) is 2. The van der Waals surface area contributed by atoms with Gasteiger partial charge in [-0.2, -0.15) is 0 Å². The smallest absolute Gasteiger partial charge is 0.235 e. The minimum absolute atomic E-state index is 0.256. The zero-order valence-electron chi connectivity index (χ0n) is 19.2. The minimum Gasteiger partial charge on any atom is -0.489 e. The molecule has 176 valence electrons. The highest BCUT2D eigenvalue weighted by Crippen LogP contribution is 2.38. The first-order chi connectivity index (χ1) is 16.5. The van der Waals surface area contributed by atoms with Gasteiger partial charge in [0.25, 0.3) is 0 Å². The molecule has 0 atom stereocenters. The molecule has 6 nitrogen and oxygen atoms in total. The number of rotatable bonds is 9. The molecule has 5 rings (SSSR count). The molecule has 0 bridgehead atoms. The average Bonchev–Trinajstić information content (AvgIpc) is 3.67. The first-order valence-electron chi connectivity index (χ1n) is 11.7. The van der Waals surface area contributed by atoms with Gasteiger partial charge >= 0.3 is 0 Å². The van der Waals surface area contributed by atoms with E-state index in [-0.39, 0.29) is 5.25 Å². The lowest BCUT2D eigenvalue weighted by molar-refractivity contribution is 0.306. The van der Waals surface area contributed by atoms with Crippen molar-refractivity contribution >= 4 is 32.3 Å². The number of anilines is 2. The molecule has 1 aromatic heterocycles. The Morgan fingerprint density at radius 2 is 1.76 bits per heavy atom. The van der Waals surface area contributed by atoms with Gasteiger partial charge in [-0.15, -0.1) is 0 Å². The lowest BCUT2D eigenvalue weighted by Gasteiger charge is -2.12. The number of ether oxygens (including phenoxy) is 1. The molecule has 0 amide bonds. The second-order valence-electron chi connectivity index (χ2n) is 8.79. The fraction of sp³-hybridized carbons (Fsp3) is 0.259. The van der Waals surface area contributed by atoms with E-state index in [1.807, 2.05) is 60.7 Å². The lowest BCUT2D eigenvalue weighted by atomic mass is 10.1. The fourth-order valence-corrected chi connectivity index (χ4v) is 5.66. The summed E-state index contributed by atoms with van der Waals surface area (Å²) in [5.74, 6) is 0.794. The van der Waals surface area contributed by atoms with Crippen LogP contribution >= 0.6 is 0 Å². The Hall–Kier alpha value is -3.45. The van der Waals surface area contributed by atoms with Crippen LogP contribution < -0.4 is 15.2 Å². The van der Waals surface area contributed by atoms with Crippen LogP contribution in [0.15, 0.2) is 72.8 Å². The van der Waals surface area contributed by atoms with Crippen molar-refractivity contribution in [3.05, 3.63) is 78.4 Å². The lowest BCUT2D eigenvalue weighted by Crippen LogP contribution is -2.17. The van der Waals surface area contributed by atoms with Crippen LogP contribution in [0.5, 0.6) is 5.75 Å². The van der Waals surface area contributed by atoms with Crippen LogP contribution in [0.25, 0.3) is 22.2 Å². The Morgan fingerprint density at radius 3 is 2.44 bits per heavy atom. The van der Waals surface area contributed by atoms with Crippen LogP contribution in [0.4, 0.5) is 11.4 Å².